The molecule has 10 heteroatoms. The summed E-state index contributed by atoms with van der Waals surface area (Å²) in [6.45, 7) is 0.825. The van der Waals surface area contributed by atoms with E-state index in [-0.39, 0.29) is 12.9 Å². The van der Waals surface area contributed by atoms with Gasteiger partial charge in [0.2, 0.25) is 6.23 Å². The van der Waals surface area contributed by atoms with Gasteiger partial charge in [-0.1, -0.05) is 0 Å². The maximum absolute atomic E-state index is 11.5. The van der Waals surface area contributed by atoms with Crippen LogP contribution in [0.25, 0.3) is 0 Å². The van der Waals surface area contributed by atoms with Gasteiger partial charge in [0.05, 0.1) is 0 Å². The van der Waals surface area contributed by atoms with Gasteiger partial charge in [0, 0.05) is 6.42 Å². The molecule has 0 saturated heterocycles. The number of hydrogen-bond acceptors (Lipinski definition) is 7. The van der Waals surface area contributed by atoms with E-state index in [1.165, 1.54) is 6.92 Å². The predicted octanol–water partition coefficient (Wildman–Crippen LogP) is -1.61. The lowest BCUT2D eigenvalue weighted by Gasteiger charge is -2.18. The molecule has 0 radical (unpaired) electrons. The first kappa shape index (κ1) is 17.4. The largest absolute Gasteiger partial charge is 0.480 e. The van der Waals surface area contributed by atoms with Crippen molar-refractivity contribution < 1.29 is 38.6 Å². The van der Waals surface area contributed by atoms with Crippen LogP contribution in [0, 0.1) is 0 Å². The normalized spacial score (nSPS) is 12.4. The van der Waals surface area contributed by atoms with E-state index in [1.807, 2.05) is 10.6 Å². The highest BCUT2D eigenvalue weighted by Crippen LogP contribution is 1.95. The van der Waals surface area contributed by atoms with Gasteiger partial charge in [-0.25, -0.2) is 9.59 Å². The monoisotopic (exact) mass is 290 g/mol. The van der Waals surface area contributed by atoms with Crippen molar-refractivity contribution in [2.75, 3.05) is 6.61 Å². The number of rotatable bonds is 10. The van der Waals surface area contributed by atoms with Crippen LogP contribution in [-0.4, -0.2) is 54.7 Å². The molecule has 2 amide bonds. The van der Waals surface area contributed by atoms with Gasteiger partial charge in [-0.3, -0.25) is 19.7 Å². The second-order valence-corrected chi connectivity index (χ2v) is 3.57. The lowest BCUT2D eigenvalue weighted by atomic mass is 10.1. The van der Waals surface area contributed by atoms with Crippen molar-refractivity contribution in [1.82, 2.24) is 10.6 Å². The van der Waals surface area contributed by atoms with Crippen molar-refractivity contribution in [3.63, 3.8) is 0 Å². The van der Waals surface area contributed by atoms with Crippen LogP contribution in [0.2, 0.25) is 0 Å². The highest BCUT2D eigenvalue weighted by atomic mass is 16.6. The van der Waals surface area contributed by atoms with E-state index in [1.54, 1.807) is 0 Å². The zero-order valence-corrected chi connectivity index (χ0v) is 10.5. The van der Waals surface area contributed by atoms with Crippen molar-refractivity contribution in [1.29, 1.82) is 0 Å². The number of ether oxygens (including phenoxy) is 2. The van der Waals surface area contributed by atoms with Crippen LogP contribution in [0.5, 0.6) is 0 Å². The van der Waals surface area contributed by atoms with Crippen molar-refractivity contribution in [3.8, 4) is 0 Å². The van der Waals surface area contributed by atoms with Crippen molar-refractivity contribution in [2.24, 2.45) is 0 Å². The van der Waals surface area contributed by atoms with Gasteiger partial charge in [-0.2, -0.15) is 0 Å². The molecule has 20 heavy (non-hydrogen) atoms. The highest BCUT2D eigenvalue weighted by molar-refractivity contribution is 5.88. The van der Waals surface area contributed by atoms with Gasteiger partial charge < -0.3 is 19.9 Å². The second kappa shape index (κ2) is 9.30. The Morgan fingerprint density at radius 3 is 2.30 bits per heavy atom. The summed E-state index contributed by atoms with van der Waals surface area (Å²) < 4.78 is 8.68. The van der Waals surface area contributed by atoms with Crippen LogP contribution in [-0.2, 0) is 28.7 Å². The Morgan fingerprint density at radius 1 is 1.20 bits per heavy atom. The number of hydrogen-bond donors (Lipinski definition) is 3. The van der Waals surface area contributed by atoms with E-state index in [4.69, 9.17) is 5.11 Å². The molecule has 0 aromatic rings. The molecule has 0 aliphatic heterocycles. The molecule has 0 bridgehead atoms. The summed E-state index contributed by atoms with van der Waals surface area (Å²) in [5.74, 6) is -1.82. The summed E-state index contributed by atoms with van der Waals surface area (Å²) >= 11 is 0. The molecule has 112 valence electrons. The molecule has 0 aliphatic rings. The van der Waals surface area contributed by atoms with Gasteiger partial charge in [-0.15, -0.1) is 0 Å². The highest BCUT2D eigenvalue weighted by Gasteiger charge is 2.23. The van der Waals surface area contributed by atoms with Gasteiger partial charge in [-0.05, 0) is 6.92 Å². The van der Waals surface area contributed by atoms with E-state index < -0.39 is 43.1 Å². The van der Waals surface area contributed by atoms with Gasteiger partial charge >= 0.3 is 12.0 Å². The van der Waals surface area contributed by atoms with E-state index in [0.717, 1.165) is 0 Å². The number of nitrogens with one attached hydrogen (secondary N) is 2. The molecule has 2 unspecified atom stereocenters. The number of carboxylic acid groups (broad SMARTS) is 1. The fourth-order valence-corrected chi connectivity index (χ4v) is 1.14. The Bertz CT molecular complexity index is 383. The molecule has 0 aromatic carbocycles. The summed E-state index contributed by atoms with van der Waals surface area (Å²) in [5, 5.41) is 12.8. The summed E-state index contributed by atoms with van der Waals surface area (Å²) in [7, 11) is 0. The minimum atomic E-state index is -1.42. The Labute approximate surface area is 113 Å². The van der Waals surface area contributed by atoms with Crippen LogP contribution in [0.4, 0.5) is 4.79 Å². The second-order valence-electron chi connectivity index (χ2n) is 3.57. The van der Waals surface area contributed by atoms with Crippen LogP contribution in [0.1, 0.15) is 13.3 Å². The molecule has 0 aliphatic carbocycles. The molecule has 0 rings (SSSR count). The molecule has 0 fully saturated rings. The van der Waals surface area contributed by atoms with Crippen LogP contribution >= 0.6 is 0 Å². The molecule has 0 aromatic heterocycles. The van der Waals surface area contributed by atoms with Crippen LogP contribution in [0.3, 0.4) is 0 Å². The van der Waals surface area contributed by atoms with E-state index >= 15 is 0 Å². The molecule has 0 saturated carbocycles. The van der Waals surface area contributed by atoms with Crippen molar-refractivity contribution in [2.45, 2.75) is 25.6 Å². The fourth-order valence-electron chi connectivity index (χ4n) is 1.14. The Hall–Kier alpha value is -2.65. The predicted molar refractivity (Wildman–Crippen MR) is 61.3 cm³/mol. The lowest BCUT2D eigenvalue weighted by molar-refractivity contribution is -0.143. The van der Waals surface area contributed by atoms with E-state index in [9.17, 15) is 24.0 Å². The number of amides is 2. The Morgan fingerprint density at radius 2 is 1.85 bits per heavy atom. The van der Waals surface area contributed by atoms with Crippen LogP contribution < -0.4 is 10.6 Å². The number of ketones is 1. The summed E-state index contributed by atoms with van der Waals surface area (Å²) in [6.07, 6.45) is -1.67. The first-order valence-electron chi connectivity index (χ1n) is 5.34. The molecule has 10 nitrogen and oxygen atoms in total. The van der Waals surface area contributed by atoms with Gasteiger partial charge in [0.1, 0.15) is 18.4 Å². The topological polar surface area (TPSA) is 148 Å². The molecule has 2 atom stereocenters. The molecule has 3 N–H and O–H groups in total. The number of urea groups is 1. The van der Waals surface area contributed by atoms with Crippen molar-refractivity contribution in [3.05, 3.63) is 0 Å². The summed E-state index contributed by atoms with van der Waals surface area (Å²) in [6, 6.07) is -2.42. The van der Waals surface area contributed by atoms with Crippen molar-refractivity contribution >= 4 is 30.7 Å². The smallest absolute Gasteiger partial charge is 0.326 e. The third kappa shape index (κ3) is 7.63. The SMILES string of the molecule is CC(=O)CC(NC(=O)NC(COC=O)OC=O)C(=O)O. The maximum Gasteiger partial charge on any atom is 0.326 e. The van der Waals surface area contributed by atoms with Gasteiger partial charge in [0.15, 0.2) is 0 Å². The zero-order valence-electron chi connectivity index (χ0n) is 10.5. The number of carbonyl (C=O) groups is 5. The summed E-state index contributed by atoms with van der Waals surface area (Å²) in [5.41, 5.74) is 0. The van der Waals surface area contributed by atoms with E-state index in [2.05, 4.69) is 9.47 Å². The molecule has 0 spiro atoms. The number of carbonyl (C=O) groups excluding carboxylic acids is 4. The fraction of sp³-hybridized carbons (Fsp3) is 0.500. The first-order valence-corrected chi connectivity index (χ1v) is 5.34. The average molecular weight is 290 g/mol. The molecule has 0 heterocycles. The average Bonchev–Trinajstić information content (AvgIpc) is 2.34. The third-order valence-corrected chi connectivity index (χ3v) is 1.92. The molecular weight excluding hydrogens is 276 g/mol. The Balaban J connectivity index is 4.46. The maximum atomic E-state index is 11.5. The van der Waals surface area contributed by atoms with Gasteiger partial charge in [0.25, 0.3) is 12.9 Å². The Kier molecular flexibility index (Phi) is 8.07. The van der Waals surface area contributed by atoms with E-state index in [0.29, 0.717) is 0 Å². The number of Topliss-reactive ketones (excluding diaryl/α,β-unsaturated/α-hetero) is 1. The number of carboxylic acids is 1. The van der Waals surface area contributed by atoms with Crippen LogP contribution in [0.15, 0.2) is 0 Å². The quantitative estimate of drug-likeness (QED) is 0.321. The summed E-state index contributed by atoms with van der Waals surface area (Å²) in [4.78, 5) is 53.2. The first-order chi connectivity index (χ1) is 9.40. The molecular formula is C10H14N2O8. The lowest BCUT2D eigenvalue weighted by Crippen LogP contribution is -2.51. The standard InChI is InChI=1S/C10H14N2O8/c1-6(15)2-7(9(16)17)11-10(18)12-8(20-5-14)3-19-4-13/h4-5,7-8H,2-3H2,1H3,(H,16,17)(H2,11,12,18). The minimum Gasteiger partial charge on any atom is -0.480 e. The number of aliphatic carboxylic acids is 1. The zero-order chi connectivity index (χ0) is 15.5. The minimum absolute atomic E-state index is 0.0172. The third-order valence-electron chi connectivity index (χ3n) is 1.92.